The molecule has 0 aliphatic carbocycles. The fraction of sp³-hybridized carbons (Fsp3) is 0.625. The highest BCUT2D eigenvalue weighted by atomic mass is 35.5. The summed E-state index contributed by atoms with van der Waals surface area (Å²) in [5, 5.41) is 13.5. The van der Waals surface area contributed by atoms with Gasteiger partial charge in [0.15, 0.2) is 33.3 Å². The van der Waals surface area contributed by atoms with Crippen molar-refractivity contribution in [1.29, 1.82) is 0 Å². The van der Waals surface area contributed by atoms with Crippen LogP contribution < -0.4 is 0 Å². The number of rotatable bonds is 12. The lowest BCUT2D eigenvalue weighted by Crippen LogP contribution is -2.69. The number of aryl methyl sites for hydroxylation is 1. The largest absolute Gasteiger partial charge is 0.415 e. The average Bonchev–Trinajstić information content (AvgIpc) is 2.82. The van der Waals surface area contributed by atoms with Crippen LogP contribution in [0, 0.1) is 6.92 Å². The maximum atomic E-state index is 12.8. The summed E-state index contributed by atoms with van der Waals surface area (Å²) in [6.45, 7) is 28.2. The van der Waals surface area contributed by atoms with Gasteiger partial charge in [-0.2, -0.15) is 0 Å². The zero-order valence-electron chi connectivity index (χ0n) is 28.6. The molecule has 242 valence electrons. The van der Waals surface area contributed by atoms with Gasteiger partial charge in [-0.3, -0.25) is 0 Å². The average molecular weight is 684 g/mol. The third-order valence-electron chi connectivity index (χ3n) is 6.82. The first-order valence-electron chi connectivity index (χ1n) is 15.4. The normalized spacial score (nSPS) is 25.7. The predicted octanol–water partition coefficient (Wildman–Crippen LogP) is 8.29. The zero-order chi connectivity index (χ0) is 32.6. The maximum Gasteiger partial charge on any atom is 0.221 e. The summed E-state index contributed by atoms with van der Waals surface area (Å²) in [4.78, 5) is 0. The maximum absolute atomic E-state index is 12.8. The monoisotopic (exact) mass is 682 g/mol. The van der Waals surface area contributed by atoms with E-state index in [2.05, 4.69) is 110 Å². The van der Waals surface area contributed by atoms with Crippen molar-refractivity contribution in [1.82, 2.24) is 0 Å². The van der Waals surface area contributed by atoms with Gasteiger partial charge in [0, 0.05) is 10.6 Å². The van der Waals surface area contributed by atoms with E-state index < -0.39 is 63.5 Å². The fourth-order valence-electron chi connectivity index (χ4n) is 5.14. The lowest BCUT2D eigenvalue weighted by atomic mass is 9.87. The molecule has 11 heteroatoms. The lowest BCUT2D eigenvalue weighted by Gasteiger charge is -2.54. The predicted molar refractivity (Wildman–Crippen MR) is 188 cm³/mol. The topological polar surface area (TPSA) is 66.4 Å². The number of hydrogen-bond donors (Lipinski definition) is 1. The van der Waals surface area contributed by atoms with E-state index in [1.165, 1.54) is 5.56 Å². The first kappa shape index (κ1) is 36.8. The highest BCUT2D eigenvalue weighted by molar-refractivity contribution is 6.71. The van der Waals surface area contributed by atoms with Gasteiger partial charge >= 0.3 is 0 Å². The van der Waals surface area contributed by atoms with E-state index in [-0.39, 0.29) is 0 Å². The third kappa shape index (κ3) is 11.0. The molecule has 43 heavy (non-hydrogen) atoms. The van der Waals surface area contributed by atoms with Gasteiger partial charge in [-0.15, -0.1) is 0 Å². The quantitative estimate of drug-likeness (QED) is 0.227. The van der Waals surface area contributed by atoms with Crippen molar-refractivity contribution in [2.24, 2.45) is 0 Å². The van der Waals surface area contributed by atoms with Gasteiger partial charge in [0.05, 0.1) is 6.61 Å². The van der Waals surface area contributed by atoms with Gasteiger partial charge in [-0.1, -0.05) is 47.5 Å². The molecule has 1 unspecified atom stereocenters. The highest BCUT2D eigenvalue weighted by Gasteiger charge is 2.59. The SMILES string of the molecule is Cc1ccc(Cc2cc(C3(O)O[C@H](CO[Si](C)(C)C)[C@@H](O[Si](C)(C)C)[C@H](O[Si](C)(C)C)[C@H]3O[Si](C)(C)C)ccc2Cl)cc1. The molecule has 2 aromatic rings. The van der Waals surface area contributed by atoms with Crippen LogP contribution in [-0.2, 0) is 34.6 Å². The first-order chi connectivity index (χ1) is 19.5. The third-order valence-corrected chi connectivity index (χ3v) is 11.1. The molecule has 1 aliphatic heterocycles. The molecule has 1 saturated heterocycles. The van der Waals surface area contributed by atoms with E-state index in [1.807, 2.05) is 18.2 Å². The molecule has 0 bridgehead atoms. The summed E-state index contributed by atoms with van der Waals surface area (Å²) in [7, 11) is -8.40. The Bertz CT molecular complexity index is 1220. The second-order valence-corrected chi connectivity index (χ2v) is 34.1. The molecule has 1 N–H and O–H groups in total. The van der Waals surface area contributed by atoms with Crippen LogP contribution in [0.5, 0.6) is 0 Å². The molecule has 1 heterocycles. The Morgan fingerprint density at radius 1 is 0.744 bits per heavy atom. The molecule has 0 aromatic heterocycles. The van der Waals surface area contributed by atoms with E-state index in [4.69, 9.17) is 34.0 Å². The molecule has 5 atom stereocenters. The summed E-state index contributed by atoms with van der Waals surface area (Å²) < 4.78 is 34.0. The van der Waals surface area contributed by atoms with Crippen LogP contribution in [-0.4, -0.2) is 69.4 Å². The Morgan fingerprint density at radius 2 is 1.28 bits per heavy atom. The molecule has 0 saturated carbocycles. The van der Waals surface area contributed by atoms with E-state index >= 15 is 0 Å². The second kappa shape index (κ2) is 13.6. The van der Waals surface area contributed by atoms with Gasteiger partial charge in [0.2, 0.25) is 5.79 Å². The second-order valence-electron chi connectivity index (χ2n) is 15.8. The molecular weight excluding hydrogens is 628 g/mol. The summed E-state index contributed by atoms with van der Waals surface area (Å²) >= 11 is 6.75. The number of aliphatic hydroxyl groups is 1. The van der Waals surface area contributed by atoms with Crippen molar-refractivity contribution in [3.63, 3.8) is 0 Å². The Balaban J connectivity index is 2.21. The van der Waals surface area contributed by atoms with Gasteiger partial charge in [0.1, 0.15) is 24.4 Å². The van der Waals surface area contributed by atoms with Crippen molar-refractivity contribution < 1.29 is 27.5 Å². The van der Waals surface area contributed by atoms with E-state index in [0.717, 1.165) is 11.1 Å². The van der Waals surface area contributed by atoms with E-state index in [0.29, 0.717) is 23.6 Å². The summed E-state index contributed by atoms with van der Waals surface area (Å²) in [5.74, 6) is -1.82. The fourth-order valence-corrected chi connectivity index (χ4v) is 9.22. The summed E-state index contributed by atoms with van der Waals surface area (Å²) in [5.41, 5.74) is 3.84. The van der Waals surface area contributed by atoms with Crippen molar-refractivity contribution in [2.45, 2.75) is 122 Å². The van der Waals surface area contributed by atoms with Crippen LogP contribution in [0.1, 0.15) is 22.3 Å². The summed E-state index contributed by atoms with van der Waals surface area (Å²) in [6.07, 6.45) is -1.78. The minimum atomic E-state index is -2.23. The smallest absolute Gasteiger partial charge is 0.221 e. The first-order valence-corrected chi connectivity index (χ1v) is 29.4. The standard InChI is InChI=1S/C32H55ClO6Si4/c1-23-14-16-24(17-15-23)20-25-21-26(18-19-27(25)33)32(34)31(39-43(11,12)13)30(38-42(8,9)10)29(37-41(5,6)7)28(36-32)22-35-40(2,3)4/h14-19,21,28-31,34H,20,22H2,1-13H3/t28-,29-,30+,31-,32?/m1/s1. The van der Waals surface area contributed by atoms with Crippen LogP contribution in [0.2, 0.25) is 83.6 Å². The van der Waals surface area contributed by atoms with Crippen LogP contribution >= 0.6 is 11.6 Å². The molecule has 2 aromatic carbocycles. The number of hydrogen-bond acceptors (Lipinski definition) is 6. The Morgan fingerprint density at radius 3 is 1.79 bits per heavy atom. The van der Waals surface area contributed by atoms with Gasteiger partial charge in [-0.25, -0.2) is 0 Å². The Kier molecular flexibility index (Phi) is 11.7. The molecule has 0 amide bonds. The van der Waals surface area contributed by atoms with E-state index in [9.17, 15) is 5.11 Å². The van der Waals surface area contributed by atoms with Crippen LogP contribution in [0.4, 0.5) is 0 Å². The van der Waals surface area contributed by atoms with Crippen LogP contribution in [0.25, 0.3) is 0 Å². The van der Waals surface area contributed by atoms with Crippen molar-refractivity contribution in [2.75, 3.05) is 6.61 Å². The Labute approximate surface area is 269 Å². The summed E-state index contributed by atoms with van der Waals surface area (Å²) in [6, 6.07) is 14.1. The zero-order valence-corrected chi connectivity index (χ0v) is 33.4. The molecule has 3 rings (SSSR count). The van der Waals surface area contributed by atoms with Gasteiger partial charge < -0.3 is 27.5 Å². The molecule has 0 spiro atoms. The number of halogens is 1. The van der Waals surface area contributed by atoms with Gasteiger partial charge in [-0.05, 0) is 115 Å². The minimum absolute atomic E-state index is 0.294. The van der Waals surface area contributed by atoms with Crippen LogP contribution in [0.3, 0.4) is 0 Å². The van der Waals surface area contributed by atoms with E-state index in [1.54, 1.807) is 0 Å². The van der Waals surface area contributed by atoms with Crippen LogP contribution in [0.15, 0.2) is 42.5 Å². The lowest BCUT2D eigenvalue weighted by molar-refractivity contribution is -0.348. The van der Waals surface area contributed by atoms with Crippen molar-refractivity contribution in [3.8, 4) is 0 Å². The highest BCUT2D eigenvalue weighted by Crippen LogP contribution is 2.44. The Hall–Kier alpha value is -0.642. The minimum Gasteiger partial charge on any atom is -0.415 e. The molecule has 1 aliphatic rings. The molecule has 1 fully saturated rings. The van der Waals surface area contributed by atoms with Crippen molar-refractivity contribution >= 4 is 44.9 Å². The van der Waals surface area contributed by atoms with Gasteiger partial charge in [0.25, 0.3) is 0 Å². The van der Waals surface area contributed by atoms with Crippen molar-refractivity contribution in [3.05, 3.63) is 69.7 Å². The molecule has 6 nitrogen and oxygen atoms in total. The molecule has 0 radical (unpaired) electrons. The molecular formula is C32H55ClO6Si4. The number of ether oxygens (including phenoxy) is 1. The number of benzene rings is 2.